The molecule has 132 valence electrons. The van der Waals surface area contributed by atoms with Gasteiger partial charge in [0.2, 0.25) is 0 Å². The van der Waals surface area contributed by atoms with E-state index in [4.69, 9.17) is 4.74 Å². The van der Waals surface area contributed by atoms with Crippen molar-refractivity contribution in [2.45, 2.75) is 100 Å². The molecule has 0 aromatic carbocycles. The first-order valence-corrected chi connectivity index (χ1v) is 8.47. The zero-order chi connectivity index (χ0) is 18.0. The lowest BCUT2D eigenvalue weighted by Gasteiger charge is -2.38. The number of amides is 1. The van der Waals surface area contributed by atoms with E-state index in [0.29, 0.717) is 5.92 Å². The van der Waals surface area contributed by atoms with E-state index < -0.39 is 5.60 Å². The molecule has 1 amide bonds. The third-order valence-corrected chi connectivity index (χ3v) is 4.23. The number of alkyl carbamates (subject to hydrolysis) is 1. The maximum atomic E-state index is 12.3. The SMILES string of the molecule is CC(C)C(C)(C)CC(C)(C)OC(=O)NC(C)(C)CC(C)(C)C. The van der Waals surface area contributed by atoms with Gasteiger partial charge >= 0.3 is 6.09 Å². The van der Waals surface area contributed by atoms with Crippen molar-refractivity contribution in [1.29, 1.82) is 0 Å². The molecule has 0 aliphatic carbocycles. The van der Waals surface area contributed by atoms with Gasteiger partial charge in [-0.25, -0.2) is 4.79 Å². The molecule has 0 spiro atoms. The van der Waals surface area contributed by atoms with Gasteiger partial charge in [-0.2, -0.15) is 0 Å². The van der Waals surface area contributed by atoms with E-state index in [0.717, 1.165) is 12.8 Å². The second kappa shape index (κ2) is 6.80. The highest BCUT2D eigenvalue weighted by molar-refractivity contribution is 5.68. The summed E-state index contributed by atoms with van der Waals surface area (Å²) < 4.78 is 5.72. The number of carbonyl (C=O) groups excluding carboxylic acids is 1. The predicted octanol–water partition coefficient (Wildman–Crippen LogP) is 5.78. The second-order valence-corrected chi connectivity index (χ2v) is 10.2. The van der Waals surface area contributed by atoms with Crippen molar-refractivity contribution in [2.75, 3.05) is 0 Å². The highest BCUT2D eigenvalue weighted by Gasteiger charge is 2.35. The maximum absolute atomic E-state index is 12.3. The molecule has 3 nitrogen and oxygen atoms in total. The third kappa shape index (κ3) is 8.65. The van der Waals surface area contributed by atoms with Gasteiger partial charge in [0.25, 0.3) is 0 Å². The first-order chi connectivity index (χ1) is 9.46. The monoisotopic (exact) mass is 313 g/mol. The van der Waals surface area contributed by atoms with Crippen LogP contribution >= 0.6 is 0 Å². The molecule has 0 radical (unpaired) electrons. The van der Waals surface area contributed by atoms with Crippen LogP contribution in [0.25, 0.3) is 0 Å². The number of carbonyl (C=O) groups is 1. The lowest BCUT2D eigenvalue weighted by molar-refractivity contribution is -0.00764. The molecule has 22 heavy (non-hydrogen) atoms. The molecule has 0 saturated carbocycles. The van der Waals surface area contributed by atoms with Crippen molar-refractivity contribution in [2.24, 2.45) is 16.7 Å². The van der Waals surface area contributed by atoms with E-state index in [-0.39, 0.29) is 22.5 Å². The van der Waals surface area contributed by atoms with E-state index in [9.17, 15) is 4.79 Å². The van der Waals surface area contributed by atoms with Gasteiger partial charge in [-0.05, 0) is 57.3 Å². The highest BCUT2D eigenvalue weighted by atomic mass is 16.6. The lowest BCUT2D eigenvalue weighted by Crippen LogP contribution is -2.48. The van der Waals surface area contributed by atoms with E-state index in [2.05, 4.69) is 53.8 Å². The van der Waals surface area contributed by atoms with E-state index in [1.807, 2.05) is 27.7 Å². The summed E-state index contributed by atoms with van der Waals surface area (Å²) in [5.41, 5.74) is -0.467. The van der Waals surface area contributed by atoms with Crippen LogP contribution in [0.15, 0.2) is 0 Å². The number of ether oxygens (including phenoxy) is 1. The van der Waals surface area contributed by atoms with Gasteiger partial charge < -0.3 is 10.1 Å². The second-order valence-electron chi connectivity index (χ2n) is 10.2. The molecule has 0 saturated heterocycles. The van der Waals surface area contributed by atoms with Crippen LogP contribution < -0.4 is 5.32 Å². The van der Waals surface area contributed by atoms with Crippen LogP contribution in [-0.4, -0.2) is 17.2 Å². The summed E-state index contributed by atoms with van der Waals surface area (Å²) in [6.07, 6.45) is 1.41. The highest BCUT2D eigenvalue weighted by Crippen LogP contribution is 2.36. The van der Waals surface area contributed by atoms with Crippen LogP contribution in [0, 0.1) is 16.7 Å². The third-order valence-electron chi connectivity index (χ3n) is 4.23. The molecule has 0 fully saturated rings. The Morgan fingerprint density at radius 1 is 0.909 bits per heavy atom. The van der Waals surface area contributed by atoms with Gasteiger partial charge in [0.15, 0.2) is 0 Å². The lowest BCUT2D eigenvalue weighted by atomic mass is 9.73. The summed E-state index contributed by atoms with van der Waals surface area (Å²) in [7, 11) is 0. The Bertz CT molecular complexity index is 373. The first kappa shape index (κ1) is 21.3. The molecule has 0 aromatic heterocycles. The standard InChI is InChI=1S/C19H39NO2/c1-14(2)17(6,7)13-19(10,11)22-15(21)20-18(8,9)12-16(3,4)5/h14H,12-13H2,1-11H3,(H,20,21). The topological polar surface area (TPSA) is 38.3 Å². The fourth-order valence-corrected chi connectivity index (χ4v) is 3.26. The Morgan fingerprint density at radius 3 is 1.73 bits per heavy atom. The molecule has 0 rings (SSSR count). The Morgan fingerprint density at radius 2 is 1.36 bits per heavy atom. The zero-order valence-electron chi connectivity index (χ0n) is 16.8. The van der Waals surface area contributed by atoms with Crippen LogP contribution in [-0.2, 0) is 4.74 Å². The van der Waals surface area contributed by atoms with E-state index >= 15 is 0 Å². The molecule has 0 aliphatic rings. The fourth-order valence-electron chi connectivity index (χ4n) is 3.26. The molecule has 0 aliphatic heterocycles. The molecule has 0 aromatic rings. The molecule has 0 unspecified atom stereocenters. The Hall–Kier alpha value is -0.730. The van der Waals surface area contributed by atoms with E-state index in [1.54, 1.807) is 0 Å². The van der Waals surface area contributed by atoms with Crippen molar-refractivity contribution in [1.82, 2.24) is 5.32 Å². The van der Waals surface area contributed by atoms with Crippen LogP contribution in [0.3, 0.4) is 0 Å². The van der Waals surface area contributed by atoms with Gasteiger partial charge in [-0.1, -0.05) is 48.5 Å². The summed E-state index contributed by atoms with van der Waals surface area (Å²) in [6.45, 7) is 23.5. The van der Waals surface area contributed by atoms with Gasteiger partial charge in [-0.3, -0.25) is 0 Å². The van der Waals surface area contributed by atoms with Crippen molar-refractivity contribution >= 4 is 6.09 Å². The maximum Gasteiger partial charge on any atom is 0.408 e. The average molecular weight is 314 g/mol. The van der Waals surface area contributed by atoms with Crippen molar-refractivity contribution < 1.29 is 9.53 Å². The smallest absolute Gasteiger partial charge is 0.408 e. The number of hydrogen-bond acceptors (Lipinski definition) is 2. The Kier molecular flexibility index (Phi) is 6.57. The molecular formula is C19H39NO2. The molecule has 1 N–H and O–H groups in total. The van der Waals surface area contributed by atoms with Gasteiger partial charge in [0.1, 0.15) is 5.60 Å². The van der Waals surface area contributed by atoms with Crippen LogP contribution in [0.2, 0.25) is 0 Å². The minimum atomic E-state index is -0.477. The summed E-state index contributed by atoms with van der Waals surface area (Å²) in [6, 6.07) is 0. The minimum absolute atomic E-state index is 0.130. The average Bonchev–Trinajstić information content (AvgIpc) is 2.06. The largest absolute Gasteiger partial charge is 0.444 e. The molecule has 3 heteroatoms. The van der Waals surface area contributed by atoms with E-state index in [1.165, 1.54) is 0 Å². The summed E-state index contributed by atoms with van der Waals surface area (Å²) in [5.74, 6) is 0.538. The first-order valence-electron chi connectivity index (χ1n) is 8.47. The minimum Gasteiger partial charge on any atom is -0.444 e. The number of rotatable bonds is 6. The van der Waals surface area contributed by atoms with Crippen molar-refractivity contribution in [3.8, 4) is 0 Å². The molecule has 0 atom stereocenters. The normalized spacial score (nSPS) is 14.2. The Labute approximate surface area is 138 Å². The Balaban J connectivity index is 4.71. The van der Waals surface area contributed by atoms with Crippen LogP contribution in [0.1, 0.15) is 89.0 Å². The van der Waals surface area contributed by atoms with Crippen LogP contribution in [0.5, 0.6) is 0 Å². The summed E-state index contributed by atoms with van der Waals surface area (Å²) in [4.78, 5) is 12.3. The van der Waals surface area contributed by atoms with Gasteiger partial charge in [0, 0.05) is 5.54 Å². The number of hydrogen-bond donors (Lipinski definition) is 1. The summed E-state index contributed by atoms with van der Waals surface area (Å²) >= 11 is 0. The molecular weight excluding hydrogens is 274 g/mol. The number of nitrogens with one attached hydrogen (secondary N) is 1. The molecule has 0 heterocycles. The van der Waals surface area contributed by atoms with Gasteiger partial charge in [0.05, 0.1) is 0 Å². The van der Waals surface area contributed by atoms with Gasteiger partial charge in [-0.15, -0.1) is 0 Å². The van der Waals surface area contributed by atoms with Crippen LogP contribution in [0.4, 0.5) is 4.79 Å². The molecule has 0 bridgehead atoms. The zero-order valence-corrected chi connectivity index (χ0v) is 16.8. The van der Waals surface area contributed by atoms with Crippen molar-refractivity contribution in [3.05, 3.63) is 0 Å². The summed E-state index contributed by atoms with van der Waals surface area (Å²) in [5, 5.41) is 3.02. The fraction of sp³-hybridized carbons (Fsp3) is 0.947. The quantitative estimate of drug-likeness (QED) is 0.675. The van der Waals surface area contributed by atoms with Crippen molar-refractivity contribution in [3.63, 3.8) is 0 Å². The predicted molar refractivity (Wildman–Crippen MR) is 95.1 cm³/mol.